The topological polar surface area (TPSA) is 51.1 Å². The normalized spacial score (nSPS) is 14.6. The molecule has 1 amide bonds. The van der Waals surface area contributed by atoms with E-state index in [4.69, 9.17) is 9.57 Å². The standard InChI is InChI=1S/C32H29FN2O3/c1-37-30-15-9-8-14-28(30)29-20-27(38-34-29)22-35(21-23-16-18-26(33)19-17-23)32(36)31(24-10-4-2-5-11-24)25-12-6-3-7-13-25/h2-19,27,31H,20-22H2,1H3. The second kappa shape index (κ2) is 11.7. The quantitative estimate of drug-likeness (QED) is 0.271. The van der Waals surface area contributed by atoms with E-state index in [0.717, 1.165) is 33.7 Å². The Kier molecular flexibility index (Phi) is 7.78. The minimum Gasteiger partial charge on any atom is -0.496 e. The molecular weight excluding hydrogens is 479 g/mol. The molecule has 0 aromatic heterocycles. The van der Waals surface area contributed by atoms with Gasteiger partial charge in [0.2, 0.25) is 5.91 Å². The Morgan fingerprint density at radius 1 is 0.921 bits per heavy atom. The summed E-state index contributed by atoms with van der Waals surface area (Å²) in [6.45, 7) is 0.646. The fraction of sp³-hybridized carbons (Fsp3) is 0.188. The molecule has 0 N–H and O–H groups in total. The van der Waals surface area contributed by atoms with E-state index in [0.29, 0.717) is 19.5 Å². The maximum absolute atomic E-state index is 14.3. The van der Waals surface area contributed by atoms with Gasteiger partial charge in [-0.05, 0) is 41.0 Å². The molecule has 4 aromatic rings. The van der Waals surface area contributed by atoms with E-state index in [1.54, 1.807) is 24.1 Å². The predicted octanol–water partition coefficient (Wildman–Crippen LogP) is 6.19. The zero-order valence-corrected chi connectivity index (χ0v) is 21.2. The van der Waals surface area contributed by atoms with Gasteiger partial charge in [0.25, 0.3) is 0 Å². The maximum Gasteiger partial charge on any atom is 0.235 e. The zero-order chi connectivity index (χ0) is 26.3. The van der Waals surface area contributed by atoms with Crippen LogP contribution in [0.5, 0.6) is 5.75 Å². The van der Waals surface area contributed by atoms with Gasteiger partial charge in [-0.15, -0.1) is 0 Å². The van der Waals surface area contributed by atoms with E-state index >= 15 is 0 Å². The molecule has 1 aliphatic rings. The summed E-state index contributed by atoms with van der Waals surface area (Å²) >= 11 is 0. The highest BCUT2D eigenvalue weighted by Crippen LogP contribution is 2.30. The lowest BCUT2D eigenvalue weighted by Gasteiger charge is -2.29. The first-order chi connectivity index (χ1) is 18.6. The smallest absolute Gasteiger partial charge is 0.235 e. The van der Waals surface area contributed by atoms with Crippen molar-refractivity contribution in [1.82, 2.24) is 4.90 Å². The number of hydrogen-bond donors (Lipinski definition) is 0. The molecule has 192 valence electrons. The molecule has 0 aliphatic carbocycles. The number of methoxy groups -OCH3 is 1. The van der Waals surface area contributed by atoms with Gasteiger partial charge in [0.15, 0.2) is 6.10 Å². The van der Waals surface area contributed by atoms with Crippen molar-refractivity contribution in [3.8, 4) is 5.75 Å². The number of carbonyl (C=O) groups excluding carboxylic acids is 1. The average molecular weight is 509 g/mol. The monoisotopic (exact) mass is 508 g/mol. The Morgan fingerprint density at radius 3 is 2.16 bits per heavy atom. The molecule has 0 saturated carbocycles. The number of nitrogens with zero attached hydrogens (tertiary/aromatic N) is 2. The van der Waals surface area contributed by atoms with Gasteiger partial charge < -0.3 is 14.5 Å². The van der Waals surface area contributed by atoms with Gasteiger partial charge in [0.1, 0.15) is 11.6 Å². The van der Waals surface area contributed by atoms with Crippen LogP contribution in [0.1, 0.15) is 34.6 Å². The van der Waals surface area contributed by atoms with Crippen LogP contribution in [0.2, 0.25) is 0 Å². The molecule has 1 unspecified atom stereocenters. The number of ether oxygens (including phenoxy) is 1. The number of oxime groups is 1. The van der Waals surface area contributed by atoms with Crippen molar-refractivity contribution in [2.45, 2.75) is 25.0 Å². The third-order valence-corrected chi connectivity index (χ3v) is 6.69. The molecule has 0 spiro atoms. The SMILES string of the molecule is COc1ccccc1C1=NOC(CN(Cc2ccc(F)cc2)C(=O)C(c2ccccc2)c2ccccc2)C1. The van der Waals surface area contributed by atoms with Crippen LogP contribution in [-0.2, 0) is 16.2 Å². The van der Waals surface area contributed by atoms with Crippen LogP contribution in [0.15, 0.2) is 114 Å². The van der Waals surface area contributed by atoms with Crippen LogP contribution in [0.4, 0.5) is 4.39 Å². The molecule has 0 radical (unpaired) electrons. The molecule has 0 bridgehead atoms. The molecule has 1 aliphatic heterocycles. The summed E-state index contributed by atoms with van der Waals surface area (Å²) in [6, 6.07) is 33.5. The van der Waals surface area contributed by atoms with Crippen LogP contribution in [-0.4, -0.2) is 36.3 Å². The van der Waals surface area contributed by atoms with Crippen molar-refractivity contribution in [3.05, 3.63) is 137 Å². The van der Waals surface area contributed by atoms with Gasteiger partial charge in [-0.3, -0.25) is 4.79 Å². The van der Waals surface area contributed by atoms with Gasteiger partial charge in [-0.1, -0.05) is 90.1 Å². The minimum atomic E-state index is -0.492. The largest absolute Gasteiger partial charge is 0.496 e. The summed E-state index contributed by atoms with van der Waals surface area (Å²) in [5, 5.41) is 4.34. The van der Waals surface area contributed by atoms with E-state index in [2.05, 4.69) is 5.16 Å². The van der Waals surface area contributed by atoms with Crippen molar-refractivity contribution >= 4 is 11.6 Å². The van der Waals surface area contributed by atoms with Crippen molar-refractivity contribution in [2.24, 2.45) is 5.16 Å². The summed E-state index contributed by atoms with van der Waals surface area (Å²) < 4.78 is 19.1. The number of carbonyl (C=O) groups is 1. The molecular formula is C32H29FN2O3. The highest BCUT2D eigenvalue weighted by molar-refractivity contribution is 6.03. The first kappa shape index (κ1) is 25.2. The third kappa shape index (κ3) is 5.75. The summed E-state index contributed by atoms with van der Waals surface area (Å²) in [4.78, 5) is 21.9. The van der Waals surface area contributed by atoms with Crippen molar-refractivity contribution in [3.63, 3.8) is 0 Å². The van der Waals surface area contributed by atoms with Gasteiger partial charge in [-0.2, -0.15) is 0 Å². The van der Waals surface area contributed by atoms with Crippen LogP contribution >= 0.6 is 0 Å². The number of halogens is 1. The highest BCUT2D eigenvalue weighted by Gasteiger charge is 2.32. The lowest BCUT2D eigenvalue weighted by atomic mass is 9.89. The minimum absolute atomic E-state index is 0.0546. The summed E-state index contributed by atoms with van der Waals surface area (Å²) in [5.41, 5.74) is 4.31. The number of hydrogen-bond acceptors (Lipinski definition) is 4. The van der Waals surface area contributed by atoms with E-state index in [1.807, 2.05) is 84.9 Å². The van der Waals surface area contributed by atoms with Crippen LogP contribution in [0, 0.1) is 5.82 Å². The molecule has 38 heavy (non-hydrogen) atoms. The first-order valence-corrected chi connectivity index (χ1v) is 12.6. The summed E-state index contributed by atoms with van der Waals surface area (Å²) in [6.07, 6.45) is 0.209. The van der Waals surface area contributed by atoms with E-state index < -0.39 is 5.92 Å². The number of benzene rings is 4. The van der Waals surface area contributed by atoms with Gasteiger partial charge >= 0.3 is 0 Å². The number of amides is 1. The van der Waals surface area contributed by atoms with Gasteiger partial charge in [-0.25, -0.2) is 4.39 Å². The number of rotatable bonds is 9. The number of para-hydroxylation sites is 1. The summed E-state index contributed by atoms with van der Waals surface area (Å²) in [5.74, 6) is -0.134. The van der Waals surface area contributed by atoms with Gasteiger partial charge in [0.05, 0.1) is 25.3 Å². The first-order valence-electron chi connectivity index (χ1n) is 12.6. The fourth-order valence-corrected chi connectivity index (χ4v) is 4.81. The predicted molar refractivity (Wildman–Crippen MR) is 146 cm³/mol. The van der Waals surface area contributed by atoms with Crippen LogP contribution in [0.25, 0.3) is 0 Å². The van der Waals surface area contributed by atoms with Crippen molar-refractivity contribution in [1.29, 1.82) is 0 Å². The molecule has 4 aromatic carbocycles. The van der Waals surface area contributed by atoms with E-state index in [-0.39, 0.29) is 17.8 Å². The van der Waals surface area contributed by atoms with Crippen molar-refractivity contribution in [2.75, 3.05) is 13.7 Å². The average Bonchev–Trinajstić information content (AvgIpc) is 3.43. The Balaban J connectivity index is 1.43. The lowest BCUT2D eigenvalue weighted by molar-refractivity contribution is -0.134. The van der Waals surface area contributed by atoms with Gasteiger partial charge in [0, 0.05) is 18.5 Å². The molecule has 0 fully saturated rings. The molecule has 5 nitrogen and oxygen atoms in total. The second-order valence-corrected chi connectivity index (χ2v) is 9.27. The molecule has 1 heterocycles. The van der Waals surface area contributed by atoms with Crippen molar-refractivity contribution < 1.29 is 18.8 Å². The molecule has 0 saturated heterocycles. The van der Waals surface area contributed by atoms with Crippen LogP contribution in [0.3, 0.4) is 0 Å². The summed E-state index contributed by atoms with van der Waals surface area (Å²) in [7, 11) is 1.63. The second-order valence-electron chi connectivity index (χ2n) is 9.27. The maximum atomic E-state index is 14.3. The molecule has 6 heteroatoms. The molecule has 5 rings (SSSR count). The Labute approximate surface area is 222 Å². The molecule has 1 atom stereocenters. The zero-order valence-electron chi connectivity index (χ0n) is 21.2. The lowest BCUT2D eigenvalue weighted by Crippen LogP contribution is -2.40. The third-order valence-electron chi connectivity index (χ3n) is 6.69. The van der Waals surface area contributed by atoms with E-state index in [9.17, 15) is 9.18 Å². The van der Waals surface area contributed by atoms with Crippen LogP contribution < -0.4 is 4.74 Å². The Bertz CT molecular complexity index is 1350. The Morgan fingerprint density at radius 2 is 1.53 bits per heavy atom. The highest BCUT2D eigenvalue weighted by atomic mass is 19.1. The fourth-order valence-electron chi connectivity index (χ4n) is 4.81. The Hall–Kier alpha value is -4.45. The van der Waals surface area contributed by atoms with E-state index in [1.165, 1.54) is 12.1 Å².